The molecule has 0 saturated carbocycles. The van der Waals surface area contributed by atoms with E-state index in [0.717, 1.165) is 11.3 Å². The zero-order valence-corrected chi connectivity index (χ0v) is 10.1. The van der Waals surface area contributed by atoms with Gasteiger partial charge in [-0.15, -0.1) is 34.7 Å². The molecular weight excluding hydrogens is 234 g/mol. The van der Waals surface area contributed by atoms with Crippen LogP contribution in [0, 0.1) is 0 Å². The summed E-state index contributed by atoms with van der Waals surface area (Å²) in [6.45, 7) is 0. The Hall–Kier alpha value is -0.380. The minimum atomic E-state index is 0.543. The Morgan fingerprint density at radius 3 is 2.93 bits per heavy atom. The molecule has 0 atom stereocenters. The molecule has 0 aliphatic rings. The minimum absolute atomic E-state index is 0.543. The van der Waals surface area contributed by atoms with E-state index in [1.807, 2.05) is 5.38 Å². The molecule has 0 aliphatic heterocycles. The van der Waals surface area contributed by atoms with Crippen LogP contribution in [0.5, 0.6) is 0 Å². The Balaban J connectivity index is 2.81. The molecule has 0 fully saturated rings. The predicted octanol–water partition coefficient (Wildman–Crippen LogP) is 3.94. The lowest BCUT2D eigenvalue weighted by atomic mass is 10.2. The molecule has 1 aromatic carbocycles. The SMILES string of the molecule is CSc1c(CCl)ccc2scc(N)c12. The number of anilines is 1. The summed E-state index contributed by atoms with van der Waals surface area (Å²) < 4.78 is 1.24. The molecular formula is C10H10ClNS2. The van der Waals surface area contributed by atoms with Crippen LogP contribution in [-0.2, 0) is 5.88 Å². The van der Waals surface area contributed by atoms with Crippen molar-refractivity contribution >= 4 is 50.5 Å². The van der Waals surface area contributed by atoms with Crippen LogP contribution in [0.15, 0.2) is 22.4 Å². The molecule has 1 heterocycles. The van der Waals surface area contributed by atoms with E-state index in [1.54, 1.807) is 23.1 Å². The van der Waals surface area contributed by atoms with Crippen LogP contribution in [0.25, 0.3) is 10.1 Å². The first-order valence-corrected chi connectivity index (χ1v) is 6.80. The number of rotatable bonds is 2. The summed E-state index contributed by atoms with van der Waals surface area (Å²) in [4.78, 5) is 1.22. The minimum Gasteiger partial charge on any atom is -0.398 e. The molecule has 74 valence electrons. The topological polar surface area (TPSA) is 26.0 Å². The molecule has 2 N–H and O–H groups in total. The van der Waals surface area contributed by atoms with E-state index in [0.29, 0.717) is 5.88 Å². The van der Waals surface area contributed by atoms with Crippen molar-refractivity contribution in [3.8, 4) is 0 Å². The van der Waals surface area contributed by atoms with Crippen molar-refractivity contribution in [3.05, 3.63) is 23.1 Å². The number of thiophene rings is 1. The van der Waals surface area contributed by atoms with Gasteiger partial charge in [-0.2, -0.15) is 0 Å². The molecule has 0 amide bonds. The van der Waals surface area contributed by atoms with Crippen molar-refractivity contribution in [2.45, 2.75) is 10.8 Å². The van der Waals surface area contributed by atoms with E-state index < -0.39 is 0 Å². The maximum Gasteiger partial charge on any atom is 0.0514 e. The lowest BCUT2D eigenvalue weighted by Gasteiger charge is -2.06. The van der Waals surface area contributed by atoms with Crippen LogP contribution in [0.4, 0.5) is 5.69 Å². The molecule has 2 aromatic rings. The zero-order valence-electron chi connectivity index (χ0n) is 7.71. The van der Waals surface area contributed by atoms with Crippen LogP contribution < -0.4 is 5.73 Å². The normalized spacial score (nSPS) is 11.0. The summed E-state index contributed by atoms with van der Waals surface area (Å²) in [6.07, 6.45) is 2.06. The lowest BCUT2D eigenvalue weighted by Crippen LogP contribution is -1.87. The van der Waals surface area contributed by atoms with Crippen molar-refractivity contribution in [3.63, 3.8) is 0 Å². The van der Waals surface area contributed by atoms with Crippen molar-refractivity contribution in [2.24, 2.45) is 0 Å². The van der Waals surface area contributed by atoms with Crippen LogP contribution in [0.1, 0.15) is 5.56 Å². The van der Waals surface area contributed by atoms with Gasteiger partial charge in [0.2, 0.25) is 0 Å². The number of hydrogen-bond donors (Lipinski definition) is 1. The van der Waals surface area contributed by atoms with Crippen molar-refractivity contribution in [1.82, 2.24) is 0 Å². The van der Waals surface area contributed by atoms with Crippen molar-refractivity contribution in [1.29, 1.82) is 0 Å². The average Bonchev–Trinajstić information content (AvgIpc) is 2.59. The number of alkyl halides is 1. The molecule has 0 bridgehead atoms. The van der Waals surface area contributed by atoms with Crippen molar-refractivity contribution < 1.29 is 0 Å². The van der Waals surface area contributed by atoms with E-state index in [9.17, 15) is 0 Å². The maximum absolute atomic E-state index is 5.93. The zero-order chi connectivity index (χ0) is 10.1. The highest BCUT2D eigenvalue weighted by Crippen LogP contribution is 2.38. The summed E-state index contributed by atoms with van der Waals surface area (Å²) in [6, 6.07) is 4.17. The third-order valence-corrected chi connectivity index (χ3v) is 4.28. The van der Waals surface area contributed by atoms with Gasteiger partial charge in [0, 0.05) is 26.2 Å². The largest absolute Gasteiger partial charge is 0.398 e. The lowest BCUT2D eigenvalue weighted by molar-refractivity contribution is 1.31. The quantitative estimate of drug-likeness (QED) is 0.639. The van der Waals surface area contributed by atoms with Crippen LogP contribution in [0.3, 0.4) is 0 Å². The summed E-state index contributed by atoms with van der Waals surface area (Å²) in [5, 5.41) is 3.16. The highest BCUT2D eigenvalue weighted by Gasteiger charge is 2.10. The summed E-state index contributed by atoms with van der Waals surface area (Å²) in [7, 11) is 0. The fourth-order valence-corrected chi connectivity index (χ4v) is 3.56. The van der Waals surface area contributed by atoms with Crippen LogP contribution in [-0.4, -0.2) is 6.26 Å². The number of nitrogens with two attached hydrogens (primary N) is 1. The second-order valence-electron chi connectivity index (χ2n) is 2.96. The first kappa shape index (κ1) is 10.1. The third-order valence-electron chi connectivity index (χ3n) is 2.15. The monoisotopic (exact) mass is 243 g/mol. The molecule has 0 saturated heterocycles. The second kappa shape index (κ2) is 4.01. The van der Waals surface area contributed by atoms with E-state index in [4.69, 9.17) is 17.3 Å². The fourth-order valence-electron chi connectivity index (χ4n) is 1.50. The Morgan fingerprint density at radius 1 is 1.50 bits per heavy atom. The van der Waals surface area contributed by atoms with Crippen LogP contribution >= 0.6 is 34.7 Å². The molecule has 1 aromatic heterocycles. The first-order chi connectivity index (χ1) is 6.77. The Labute approximate surface area is 96.2 Å². The number of thioether (sulfide) groups is 1. The number of halogens is 1. The Kier molecular flexibility index (Phi) is 2.91. The van der Waals surface area contributed by atoms with Gasteiger partial charge in [-0.1, -0.05) is 6.07 Å². The van der Waals surface area contributed by atoms with E-state index in [1.165, 1.54) is 15.0 Å². The smallest absolute Gasteiger partial charge is 0.0514 e. The standard InChI is InChI=1S/C10H10ClNS2/c1-13-10-6(4-11)2-3-8-9(10)7(12)5-14-8/h2-3,5H,4,12H2,1H3. The predicted molar refractivity (Wildman–Crippen MR) is 67.6 cm³/mol. The Morgan fingerprint density at radius 2 is 2.29 bits per heavy atom. The maximum atomic E-state index is 5.93. The fraction of sp³-hybridized carbons (Fsp3) is 0.200. The molecule has 14 heavy (non-hydrogen) atoms. The summed E-state index contributed by atoms with van der Waals surface area (Å²) in [5.41, 5.74) is 7.96. The number of fused-ring (bicyclic) bond motifs is 1. The highest BCUT2D eigenvalue weighted by molar-refractivity contribution is 7.99. The van der Waals surface area contributed by atoms with Crippen LogP contribution in [0.2, 0.25) is 0 Å². The van der Waals surface area contributed by atoms with Gasteiger partial charge in [-0.3, -0.25) is 0 Å². The molecule has 0 aliphatic carbocycles. The first-order valence-electron chi connectivity index (χ1n) is 4.16. The molecule has 1 nitrogen and oxygen atoms in total. The molecule has 2 rings (SSSR count). The number of hydrogen-bond acceptors (Lipinski definition) is 3. The van der Waals surface area contributed by atoms with Gasteiger partial charge in [0.25, 0.3) is 0 Å². The third kappa shape index (κ3) is 1.49. The average molecular weight is 244 g/mol. The molecule has 0 radical (unpaired) electrons. The number of benzene rings is 1. The van der Waals surface area contributed by atoms with Gasteiger partial charge in [0.05, 0.1) is 5.69 Å². The number of nitrogen functional groups attached to an aromatic ring is 1. The van der Waals surface area contributed by atoms with Gasteiger partial charge < -0.3 is 5.73 Å². The van der Waals surface area contributed by atoms with E-state index in [2.05, 4.69) is 18.4 Å². The van der Waals surface area contributed by atoms with Gasteiger partial charge >= 0.3 is 0 Å². The van der Waals surface area contributed by atoms with Gasteiger partial charge in [-0.05, 0) is 17.9 Å². The van der Waals surface area contributed by atoms with Gasteiger partial charge in [0.1, 0.15) is 0 Å². The van der Waals surface area contributed by atoms with Gasteiger partial charge in [-0.25, -0.2) is 0 Å². The van der Waals surface area contributed by atoms with E-state index in [-0.39, 0.29) is 0 Å². The Bertz CT molecular complexity index is 464. The summed E-state index contributed by atoms with van der Waals surface area (Å²) >= 11 is 9.27. The van der Waals surface area contributed by atoms with E-state index >= 15 is 0 Å². The molecule has 0 unspecified atom stereocenters. The summed E-state index contributed by atoms with van der Waals surface area (Å²) in [5.74, 6) is 0.543. The second-order valence-corrected chi connectivity index (χ2v) is 4.95. The molecule has 0 spiro atoms. The van der Waals surface area contributed by atoms with Gasteiger partial charge in [0.15, 0.2) is 0 Å². The highest BCUT2D eigenvalue weighted by atomic mass is 35.5. The molecule has 4 heteroatoms. The van der Waals surface area contributed by atoms with Crippen molar-refractivity contribution in [2.75, 3.05) is 12.0 Å².